The second kappa shape index (κ2) is 11.8. The number of rotatable bonds is 9. The lowest BCUT2D eigenvalue weighted by Gasteiger charge is -2.33. The Bertz CT molecular complexity index is 1270. The number of anilines is 2. The smallest absolute Gasteiger partial charge is 0.251 e. The van der Waals surface area contributed by atoms with E-state index < -0.39 is 39.1 Å². The molecule has 2 amide bonds. The van der Waals surface area contributed by atoms with E-state index in [2.05, 4.69) is 27.8 Å². The van der Waals surface area contributed by atoms with Gasteiger partial charge in [0, 0.05) is 29.7 Å². The molecule has 11 heteroatoms. The van der Waals surface area contributed by atoms with Crippen LogP contribution in [0.5, 0.6) is 0 Å². The lowest BCUT2D eigenvalue weighted by molar-refractivity contribution is -0.116. The fourth-order valence-electron chi connectivity index (χ4n) is 4.77. The van der Waals surface area contributed by atoms with E-state index in [1.165, 1.54) is 25.3 Å². The van der Waals surface area contributed by atoms with Crippen LogP contribution in [0.4, 0.5) is 15.8 Å². The van der Waals surface area contributed by atoms with Crippen LogP contribution in [0.25, 0.3) is 0 Å². The summed E-state index contributed by atoms with van der Waals surface area (Å²) in [5.41, 5.74) is 1.61. The van der Waals surface area contributed by atoms with Gasteiger partial charge in [-0.1, -0.05) is 24.1 Å². The number of amides is 2. The van der Waals surface area contributed by atoms with Crippen LogP contribution in [0, 0.1) is 5.82 Å². The molecule has 2 aliphatic rings. The number of halogens is 2. The van der Waals surface area contributed by atoms with Crippen molar-refractivity contribution in [3.8, 4) is 0 Å². The molecule has 0 bridgehead atoms. The zero-order valence-corrected chi connectivity index (χ0v) is 22.3. The second-order valence-electron chi connectivity index (χ2n) is 9.73. The lowest BCUT2D eigenvalue weighted by atomic mass is 10.0. The molecular formula is C26H32ClFN4O4S. The molecular weight excluding hydrogens is 519 g/mol. The molecule has 4 rings (SSSR count). The highest BCUT2D eigenvalue weighted by Crippen LogP contribution is 2.29. The molecule has 1 saturated heterocycles. The molecule has 200 valence electrons. The van der Waals surface area contributed by atoms with E-state index >= 15 is 0 Å². The minimum absolute atomic E-state index is 0.0156. The van der Waals surface area contributed by atoms with E-state index in [1.807, 2.05) is 0 Å². The maximum Gasteiger partial charge on any atom is 0.251 e. The van der Waals surface area contributed by atoms with Crippen LogP contribution >= 0.6 is 11.6 Å². The van der Waals surface area contributed by atoms with Gasteiger partial charge < -0.3 is 20.9 Å². The molecule has 2 aliphatic heterocycles. The Morgan fingerprint density at radius 1 is 1.19 bits per heavy atom. The maximum atomic E-state index is 13.3. The first kappa shape index (κ1) is 27.3. The van der Waals surface area contributed by atoms with E-state index in [0.717, 1.165) is 31.6 Å². The zero-order valence-electron chi connectivity index (χ0n) is 20.7. The summed E-state index contributed by atoms with van der Waals surface area (Å²) in [6.45, 7) is 4.86. The van der Waals surface area contributed by atoms with E-state index in [1.54, 1.807) is 18.2 Å². The topological polar surface area (TPSA) is 108 Å². The molecule has 0 radical (unpaired) electrons. The van der Waals surface area contributed by atoms with Crippen molar-refractivity contribution >= 4 is 44.6 Å². The standard InChI is InChI=1S/C26H32ClFN4O4S/c1-17-5-2-3-11-32(17)12-4-10-29-25(33)18-7-9-22-23(13-18)31-26(34)24(30-22)16-37(35,36)15-19-6-8-20(28)14-21(19)27/h6-9,13-14,17,24,30H,2-5,10-12,15-16H2,1H3,(H,29,33)(H,31,34)/t17-,24-/m1/s1. The summed E-state index contributed by atoms with van der Waals surface area (Å²) < 4.78 is 38.7. The molecule has 3 N–H and O–H groups in total. The summed E-state index contributed by atoms with van der Waals surface area (Å²) in [6, 6.07) is 7.93. The van der Waals surface area contributed by atoms with Crippen molar-refractivity contribution in [1.82, 2.24) is 10.2 Å². The summed E-state index contributed by atoms with van der Waals surface area (Å²) in [5.74, 6) is -2.19. The number of hydrogen-bond donors (Lipinski definition) is 3. The number of carbonyl (C=O) groups excluding carboxylic acids is 2. The van der Waals surface area contributed by atoms with Crippen LogP contribution in [-0.2, 0) is 20.4 Å². The lowest BCUT2D eigenvalue weighted by Crippen LogP contribution is -2.43. The van der Waals surface area contributed by atoms with Crippen LogP contribution in [0.15, 0.2) is 36.4 Å². The third-order valence-corrected chi connectivity index (χ3v) is 8.79. The average Bonchev–Trinajstić information content (AvgIpc) is 2.84. The number of piperidine rings is 1. The molecule has 0 aliphatic carbocycles. The molecule has 0 aromatic heterocycles. The van der Waals surface area contributed by atoms with Crippen molar-refractivity contribution in [1.29, 1.82) is 0 Å². The van der Waals surface area contributed by atoms with Gasteiger partial charge in [-0.25, -0.2) is 12.8 Å². The Balaban J connectivity index is 1.31. The van der Waals surface area contributed by atoms with Gasteiger partial charge in [-0.2, -0.15) is 0 Å². The van der Waals surface area contributed by atoms with Crippen molar-refractivity contribution in [2.45, 2.75) is 50.4 Å². The molecule has 0 unspecified atom stereocenters. The zero-order chi connectivity index (χ0) is 26.6. The minimum atomic E-state index is -3.75. The van der Waals surface area contributed by atoms with Crippen molar-refractivity contribution in [2.24, 2.45) is 0 Å². The normalized spacial score (nSPS) is 20.0. The number of carbonyl (C=O) groups is 2. The van der Waals surface area contributed by atoms with Gasteiger partial charge in [-0.15, -0.1) is 0 Å². The highest BCUT2D eigenvalue weighted by atomic mass is 35.5. The number of benzene rings is 2. The molecule has 0 spiro atoms. The monoisotopic (exact) mass is 550 g/mol. The van der Waals surface area contributed by atoms with Gasteiger partial charge in [0.05, 0.1) is 22.9 Å². The van der Waals surface area contributed by atoms with Gasteiger partial charge in [-0.3, -0.25) is 9.59 Å². The molecule has 37 heavy (non-hydrogen) atoms. The van der Waals surface area contributed by atoms with Gasteiger partial charge in [-0.05, 0) is 68.6 Å². The van der Waals surface area contributed by atoms with Crippen molar-refractivity contribution in [2.75, 3.05) is 36.0 Å². The number of hydrogen-bond acceptors (Lipinski definition) is 6. The first-order chi connectivity index (χ1) is 17.6. The van der Waals surface area contributed by atoms with Crippen LogP contribution in [-0.4, -0.2) is 62.6 Å². The summed E-state index contributed by atoms with van der Waals surface area (Å²) in [4.78, 5) is 27.7. The molecule has 0 saturated carbocycles. The summed E-state index contributed by atoms with van der Waals surface area (Å²) in [5, 5.41) is 8.59. The Morgan fingerprint density at radius 3 is 2.76 bits per heavy atom. The highest BCUT2D eigenvalue weighted by Gasteiger charge is 2.31. The molecule has 2 atom stereocenters. The molecule has 2 heterocycles. The molecule has 2 aromatic rings. The Morgan fingerprint density at radius 2 is 2.00 bits per heavy atom. The second-order valence-corrected chi connectivity index (χ2v) is 12.2. The Hall–Kier alpha value is -2.69. The summed E-state index contributed by atoms with van der Waals surface area (Å²) >= 11 is 5.96. The fourth-order valence-corrected chi connectivity index (χ4v) is 6.67. The predicted molar refractivity (Wildman–Crippen MR) is 143 cm³/mol. The van der Waals surface area contributed by atoms with Crippen molar-refractivity contribution in [3.63, 3.8) is 0 Å². The highest BCUT2D eigenvalue weighted by molar-refractivity contribution is 7.90. The van der Waals surface area contributed by atoms with E-state index in [0.29, 0.717) is 29.5 Å². The average molecular weight is 551 g/mol. The molecule has 2 aromatic carbocycles. The molecule has 1 fully saturated rings. The summed E-state index contributed by atoms with van der Waals surface area (Å²) in [7, 11) is -3.75. The molecule has 8 nitrogen and oxygen atoms in total. The maximum absolute atomic E-state index is 13.3. The number of fused-ring (bicyclic) bond motifs is 1. The fraction of sp³-hybridized carbons (Fsp3) is 0.462. The van der Waals surface area contributed by atoms with Crippen LogP contribution < -0.4 is 16.0 Å². The van der Waals surface area contributed by atoms with Crippen LogP contribution in [0.2, 0.25) is 5.02 Å². The van der Waals surface area contributed by atoms with Crippen LogP contribution in [0.3, 0.4) is 0 Å². The predicted octanol–water partition coefficient (Wildman–Crippen LogP) is 3.82. The van der Waals surface area contributed by atoms with Crippen molar-refractivity contribution < 1.29 is 22.4 Å². The number of sulfone groups is 1. The largest absolute Gasteiger partial charge is 0.371 e. The van der Waals surface area contributed by atoms with Gasteiger partial charge in [0.15, 0.2) is 9.84 Å². The number of likely N-dealkylation sites (tertiary alicyclic amines) is 1. The van der Waals surface area contributed by atoms with E-state index in [4.69, 9.17) is 11.6 Å². The first-order valence-corrected chi connectivity index (χ1v) is 14.7. The number of nitrogens with one attached hydrogen (secondary N) is 3. The third-order valence-electron chi connectivity index (χ3n) is 6.85. The number of nitrogens with zero attached hydrogens (tertiary/aromatic N) is 1. The van der Waals surface area contributed by atoms with Crippen LogP contribution in [0.1, 0.15) is 48.5 Å². The quantitative estimate of drug-likeness (QED) is 0.410. The van der Waals surface area contributed by atoms with E-state index in [9.17, 15) is 22.4 Å². The van der Waals surface area contributed by atoms with Gasteiger partial charge in [0.2, 0.25) is 5.91 Å². The first-order valence-electron chi connectivity index (χ1n) is 12.5. The Kier molecular flexibility index (Phi) is 8.71. The van der Waals surface area contributed by atoms with Gasteiger partial charge in [0.1, 0.15) is 11.9 Å². The van der Waals surface area contributed by atoms with Gasteiger partial charge >= 0.3 is 0 Å². The third kappa shape index (κ3) is 7.21. The SMILES string of the molecule is C[C@@H]1CCCCN1CCCNC(=O)c1ccc2c(c1)NC(=O)[C@@H](CS(=O)(=O)Cc1ccc(F)cc1Cl)N2. The van der Waals surface area contributed by atoms with Crippen molar-refractivity contribution in [3.05, 3.63) is 58.4 Å². The Labute approximate surface area is 221 Å². The minimum Gasteiger partial charge on any atom is -0.371 e. The van der Waals surface area contributed by atoms with E-state index in [-0.39, 0.29) is 16.5 Å². The summed E-state index contributed by atoms with van der Waals surface area (Å²) in [6.07, 6.45) is 4.58. The van der Waals surface area contributed by atoms with Gasteiger partial charge in [0.25, 0.3) is 5.91 Å².